The molecule has 3 N–H and O–H groups in total. The lowest BCUT2D eigenvalue weighted by Gasteiger charge is -2.13. The Hall–Kier alpha value is -4.04. The summed E-state index contributed by atoms with van der Waals surface area (Å²) in [6, 6.07) is 20.3. The summed E-state index contributed by atoms with van der Waals surface area (Å²) in [5, 5.41) is 12.4. The summed E-state index contributed by atoms with van der Waals surface area (Å²) >= 11 is 1.25. The molecule has 10 heteroatoms. The van der Waals surface area contributed by atoms with Crippen molar-refractivity contribution in [1.29, 1.82) is 0 Å². The monoisotopic (exact) mass is 505 g/mol. The van der Waals surface area contributed by atoms with E-state index in [4.69, 9.17) is 0 Å². The third-order valence-corrected chi connectivity index (χ3v) is 7.34. The van der Waals surface area contributed by atoms with E-state index in [2.05, 4.69) is 26.9 Å². The number of rotatable bonds is 7. The van der Waals surface area contributed by atoms with Gasteiger partial charge in [-0.1, -0.05) is 42.2 Å². The van der Waals surface area contributed by atoms with Crippen molar-refractivity contribution in [3.63, 3.8) is 0 Å². The van der Waals surface area contributed by atoms with Gasteiger partial charge >= 0.3 is 5.97 Å². The number of nitrogens with zero attached hydrogens (tertiary/aromatic N) is 1. The Morgan fingerprint density at radius 3 is 2.34 bits per heavy atom. The van der Waals surface area contributed by atoms with Gasteiger partial charge in [0.05, 0.1) is 15.1 Å². The van der Waals surface area contributed by atoms with Crippen LogP contribution in [0.4, 0.5) is 5.69 Å². The molecule has 4 aromatic rings. The maximum atomic E-state index is 12.7. The molecule has 35 heavy (non-hydrogen) atoms. The highest BCUT2D eigenvalue weighted by Gasteiger charge is 2.25. The highest BCUT2D eigenvalue weighted by atomic mass is 32.2. The van der Waals surface area contributed by atoms with E-state index in [1.54, 1.807) is 24.3 Å². The minimum absolute atomic E-state index is 0.141. The van der Waals surface area contributed by atoms with Crippen molar-refractivity contribution in [3.05, 3.63) is 89.4 Å². The number of carboxylic acid groups (broad SMARTS) is 1. The van der Waals surface area contributed by atoms with E-state index in [0.29, 0.717) is 11.3 Å². The Labute approximate surface area is 205 Å². The summed E-state index contributed by atoms with van der Waals surface area (Å²) in [7, 11) is -4.14. The van der Waals surface area contributed by atoms with Gasteiger partial charge in [0.15, 0.2) is 5.01 Å². The number of nitrogens with one attached hydrogen (secondary N) is 2. The number of fused-ring (bicyclic) bond motifs is 1. The summed E-state index contributed by atoms with van der Waals surface area (Å²) in [6.07, 6.45) is -0.209. The molecular weight excluding hydrogens is 486 g/mol. The standard InChI is InChI=1S/C25H19N3O5S2/c29-23(24-27-20-10-4-5-12-22(20)34-24)26-18-13-15-19(16-14-18)35(32,33)28-21(25(30)31)11-6-9-17-7-2-1-3-8-17/h1-5,7-8,10,12-16,21,28H,11H2,(H,26,29)(H,30,31). The predicted octanol–water partition coefficient (Wildman–Crippen LogP) is 3.72. The number of para-hydroxylation sites is 1. The first kappa shape index (κ1) is 24.1. The molecule has 4 rings (SSSR count). The molecule has 0 radical (unpaired) electrons. The smallest absolute Gasteiger partial charge is 0.322 e. The van der Waals surface area contributed by atoms with E-state index in [9.17, 15) is 23.1 Å². The summed E-state index contributed by atoms with van der Waals surface area (Å²) < 4.78 is 28.5. The van der Waals surface area contributed by atoms with Gasteiger partial charge in [-0.25, -0.2) is 13.4 Å². The molecule has 1 heterocycles. The first-order valence-electron chi connectivity index (χ1n) is 10.4. The van der Waals surface area contributed by atoms with E-state index in [0.717, 1.165) is 10.2 Å². The molecule has 0 aliphatic heterocycles. The second-order valence-corrected chi connectivity index (χ2v) is 10.1. The second kappa shape index (κ2) is 10.5. The molecule has 8 nitrogen and oxygen atoms in total. The van der Waals surface area contributed by atoms with Gasteiger partial charge in [-0.2, -0.15) is 4.72 Å². The first-order chi connectivity index (χ1) is 16.8. The molecule has 0 fully saturated rings. The SMILES string of the molecule is O=C(Nc1ccc(S(=O)(=O)NC(CC#Cc2ccccc2)C(=O)O)cc1)c1nc2ccccc2s1. The van der Waals surface area contributed by atoms with E-state index in [1.807, 2.05) is 30.3 Å². The molecule has 0 aliphatic rings. The van der Waals surface area contributed by atoms with Gasteiger partial charge in [0.1, 0.15) is 6.04 Å². The minimum Gasteiger partial charge on any atom is -0.480 e. The zero-order valence-corrected chi connectivity index (χ0v) is 19.8. The van der Waals surface area contributed by atoms with Gasteiger partial charge < -0.3 is 10.4 Å². The second-order valence-electron chi connectivity index (χ2n) is 7.35. The highest BCUT2D eigenvalue weighted by Crippen LogP contribution is 2.23. The minimum atomic E-state index is -4.14. The van der Waals surface area contributed by atoms with Crippen LogP contribution in [0.2, 0.25) is 0 Å². The zero-order chi connectivity index (χ0) is 24.8. The molecule has 1 aromatic heterocycles. The summed E-state index contributed by atoms with van der Waals surface area (Å²) in [6.45, 7) is 0. The number of benzene rings is 3. The number of thiazole rings is 1. The van der Waals surface area contributed by atoms with Crippen molar-refractivity contribution in [2.45, 2.75) is 17.4 Å². The summed E-state index contributed by atoms with van der Waals surface area (Å²) in [5.74, 6) is 3.76. The van der Waals surface area contributed by atoms with Crippen molar-refractivity contribution < 1.29 is 23.1 Å². The largest absolute Gasteiger partial charge is 0.480 e. The normalized spacial score (nSPS) is 11.9. The quantitative estimate of drug-likeness (QED) is 0.329. The van der Waals surface area contributed by atoms with Crippen LogP contribution in [0.25, 0.3) is 10.2 Å². The van der Waals surface area contributed by atoms with E-state index in [1.165, 1.54) is 35.6 Å². The van der Waals surface area contributed by atoms with E-state index < -0.39 is 27.9 Å². The van der Waals surface area contributed by atoms with E-state index >= 15 is 0 Å². The third-order valence-electron chi connectivity index (χ3n) is 4.82. The molecule has 1 amide bonds. The van der Waals surface area contributed by atoms with Crippen LogP contribution in [0.15, 0.2) is 83.8 Å². The summed E-state index contributed by atoms with van der Waals surface area (Å²) in [4.78, 5) is 28.2. The number of carboxylic acids is 1. The number of sulfonamides is 1. The van der Waals surface area contributed by atoms with Gasteiger partial charge in [-0.15, -0.1) is 11.3 Å². The van der Waals surface area contributed by atoms with Crippen LogP contribution >= 0.6 is 11.3 Å². The average molecular weight is 506 g/mol. The highest BCUT2D eigenvalue weighted by molar-refractivity contribution is 7.89. The Morgan fingerprint density at radius 2 is 1.66 bits per heavy atom. The molecule has 0 aliphatic carbocycles. The number of hydrogen-bond acceptors (Lipinski definition) is 6. The van der Waals surface area contributed by atoms with Gasteiger partial charge in [-0.05, 0) is 48.5 Å². The molecule has 1 unspecified atom stereocenters. The fourth-order valence-electron chi connectivity index (χ4n) is 3.08. The van der Waals surface area contributed by atoms with E-state index in [-0.39, 0.29) is 16.3 Å². The third kappa shape index (κ3) is 6.10. The predicted molar refractivity (Wildman–Crippen MR) is 134 cm³/mol. The Morgan fingerprint density at radius 1 is 0.971 bits per heavy atom. The average Bonchev–Trinajstić information content (AvgIpc) is 3.29. The molecule has 3 aromatic carbocycles. The molecule has 176 valence electrons. The Balaban J connectivity index is 1.42. The van der Waals surface area contributed by atoms with Crippen molar-refractivity contribution >= 4 is 49.1 Å². The van der Waals surface area contributed by atoms with Crippen LogP contribution in [0.5, 0.6) is 0 Å². The number of anilines is 1. The number of amides is 1. The van der Waals surface area contributed by atoms with Crippen LogP contribution in [-0.2, 0) is 14.8 Å². The summed E-state index contributed by atoms with van der Waals surface area (Å²) in [5.41, 5.74) is 1.79. The molecule has 0 bridgehead atoms. The fourth-order valence-corrected chi connectivity index (χ4v) is 5.13. The molecular formula is C25H19N3O5S2. The van der Waals surface area contributed by atoms with Crippen LogP contribution < -0.4 is 10.0 Å². The van der Waals surface area contributed by atoms with Crippen LogP contribution in [0.3, 0.4) is 0 Å². The van der Waals surface area contributed by atoms with Crippen molar-refractivity contribution in [2.75, 3.05) is 5.32 Å². The topological polar surface area (TPSA) is 125 Å². The van der Waals surface area contributed by atoms with Crippen molar-refractivity contribution in [1.82, 2.24) is 9.71 Å². The maximum absolute atomic E-state index is 12.7. The number of carbonyl (C=O) groups excluding carboxylic acids is 1. The Bertz CT molecular complexity index is 1500. The molecule has 1 atom stereocenters. The molecule has 0 saturated heterocycles. The van der Waals surface area contributed by atoms with Crippen molar-refractivity contribution in [2.24, 2.45) is 0 Å². The van der Waals surface area contributed by atoms with Gasteiger partial charge in [-0.3, -0.25) is 9.59 Å². The van der Waals surface area contributed by atoms with Gasteiger partial charge in [0.25, 0.3) is 5.91 Å². The lowest BCUT2D eigenvalue weighted by Crippen LogP contribution is -2.40. The Kier molecular flexibility index (Phi) is 7.22. The lowest BCUT2D eigenvalue weighted by molar-refractivity contribution is -0.138. The maximum Gasteiger partial charge on any atom is 0.322 e. The van der Waals surface area contributed by atoms with Crippen LogP contribution in [-0.4, -0.2) is 36.4 Å². The lowest BCUT2D eigenvalue weighted by atomic mass is 10.2. The molecule has 0 saturated carbocycles. The first-order valence-corrected chi connectivity index (χ1v) is 12.7. The number of carbonyl (C=O) groups is 2. The number of aromatic nitrogens is 1. The fraction of sp³-hybridized carbons (Fsp3) is 0.0800. The van der Waals surface area contributed by atoms with Gasteiger partial charge in [0, 0.05) is 17.7 Å². The van der Waals surface area contributed by atoms with Crippen LogP contribution in [0, 0.1) is 11.8 Å². The number of hydrogen-bond donors (Lipinski definition) is 3. The zero-order valence-electron chi connectivity index (χ0n) is 18.1. The van der Waals surface area contributed by atoms with Crippen molar-refractivity contribution in [3.8, 4) is 11.8 Å². The number of aliphatic carboxylic acids is 1. The molecule has 0 spiro atoms. The van der Waals surface area contributed by atoms with Gasteiger partial charge in [0.2, 0.25) is 10.0 Å². The van der Waals surface area contributed by atoms with Crippen LogP contribution in [0.1, 0.15) is 21.8 Å².